The number of hydrogen-bond acceptors (Lipinski definition) is 3. The Kier molecular flexibility index (Phi) is 4.51. The topological polar surface area (TPSA) is 66.5 Å². The van der Waals surface area contributed by atoms with E-state index in [2.05, 4.69) is 4.72 Å². The minimum Gasteiger partial charge on any atom is -0.312 e. The summed E-state index contributed by atoms with van der Waals surface area (Å²) in [6.07, 6.45) is 0.990. The minimum absolute atomic E-state index is 0.00878. The standard InChI is InChI=1S/C18H19FN2O3S/c1-3-21-17-8-5-14(11-13(17)4-9-18(21)22)20-25(23,24)15-6-7-16(19)12(2)10-15/h5-8,10-11,20H,3-4,9H2,1-2H3. The van der Waals surface area contributed by atoms with Crippen molar-refractivity contribution in [2.24, 2.45) is 0 Å². The second-order valence-corrected chi connectivity index (χ2v) is 7.68. The predicted molar refractivity (Wildman–Crippen MR) is 94.7 cm³/mol. The fourth-order valence-electron chi connectivity index (χ4n) is 2.97. The Morgan fingerprint density at radius 3 is 2.60 bits per heavy atom. The third kappa shape index (κ3) is 3.37. The number of nitrogens with one attached hydrogen (secondary N) is 1. The van der Waals surface area contributed by atoms with Crippen molar-refractivity contribution in [3.05, 3.63) is 53.3 Å². The first kappa shape index (κ1) is 17.4. The zero-order chi connectivity index (χ0) is 18.2. The molecule has 2 aromatic carbocycles. The van der Waals surface area contributed by atoms with Gasteiger partial charge in [0.2, 0.25) is 5.91 Å². The predicted octanol–water partition coefficient (Wildman–Crippen LogP) is 3.23. The van der Waals surface area contributed by atoms with E-state index in [9.17, 15) is 17.6 Å². The van der Waals surface area contributed by atoms with E-state index in [4.69, 9.17) is 0 Å². The summed E-state index contributed by atoms with van der Waals surface area (Å²) in [5, 5.41) is 0. The van der Waals surface area contributed by atoms with Gasteiger partial charge in [-0.1, -0.05) is 0 Å². The fraction of sp³-hybridized carbons (Fsp3) is 0.278. The molecule has 7 heteroatoms. The van der Waals surface area contributed by atoms with Crippen LogP contribution in [0.2, 0.25) is 0 Å². The Morgan fingerprint density at radius 1 is 1.16 bits per heavy atom. The smallest absolute Gasteiger partial charge is 0.261 e. The molecule has 0 spiro atoms. The second kappa shape index (κ2) is 6.48. The van der Waals surface area contributed by atoms with Crippen molar-refractivity contribution in [2.75, 3.05) is 16.2 Å². The maximum absolute atomic E-state index is 13.4. The van der Waals surface area contributed by atoms with Crippen molar-refractivity contribution >= 4 is 27.3 Å². The summed E-state index contributed by atoms with van der Waals surface area (Å²) in [5.41, 5.74) is 2.44. The molecule has 2 aromatic rings. The lowest BCUT2D eigenvalue weighted by molar-refractivity contribution is -0.118. The molecule has 0 aliphatic carbocycles. The Bertz CT molecular complexity index is 941. The summed E-state index contributed by atoms with van der Waals surface area (Å²) in [6.45, 7) is 4.00. The molecule has 0 fully saturated rings. The molecule has 1 aliphatic heterocycles. The summed E-state index contributed by atoms with van der Waals surface area (Å²) in [6, 6.07) is 8.81. The zero-order valence-electron chi connectivity index (χ0n) is 14.0. The first-order valence-corrected chi connectivity index (χ1v) is 9.52. The maximum atomic E-state index is 13.4. The number of sulfonamides is 1. The van der Waals surface area contributed by atoms with E-state index in [-0.39, 0.29) is 16.4 Å². The van der Waals surface area contributed by atoms with Gasteiger partial charge >= 0.3 is 0 Å². The van der Waals surface area contributed by atoms with Crippen molar-refractivity contribution in [3.8, 4) is 0 Å². The molecule has 1 aliphatic rings. The number of nitrogens with zero attached hydrogens (tertiary/aromatic N) is 1. The van der Waals surface area contributed by atoms with Crippen LogP contribution in [0.15, 0.2) is 41.3 Å². The van der Waals surface area contributed by atoms with Gasteiger partial charge in [0, 0.05) is 24.3 Å². The number of aryl methyl sites for hydroxylation is 2. The lowest BCUT2D eigenvalue weighted by atomic mass is 10.0. The number of anilines is 2. The largest absolute Gasteiger partial charge is 0.312 e. The first-order chi connectivity index (χ1) is 11.8. The maximum Gasteiger partial charge on any atom is 0.261 e. The van der Waals surface area contributed by atoms with Crippen molar-refractivity contribution in [1.29, 1.82) is 0 Å². The average molecular weight is 362 g/mol. The number of carbonyl (C=O) groups excluding carboxylic acids is 1. The van der Waals surface area contributed by atoms with Crippen LogP contribution in [0.4, 0.5) is 15.8 Å². The fourth-order valence-corrected chi connectivity index (χ4v) is 4.10. The average Bonchev–Trinajstić information content (AvgIpc) is 2.57. The number of benzene rings is 2. The molecule has 0 aromatic heterocycles. The van der Waals surface area contributed by atoms with E-state index >= 15 is 0 Å². The number of rotatable bonds is 4. The third-order valence-electron chi connectivity index (χ3n) is 4.29. The van der Waals surface area contributed by atoms with Crippen molar-refractivity contribution < 1.29 is 17.6 Å². The normalized spacial score (nSPS) is 14.4. The van der Waals surface area contributed by atoms with Crippen LogP contribution in [-0.2, 0) is 21.2 Å². The van der Waals surface area contributed by atoms with E-state index in [0.717, 1.165) is 17.3 Å². The van der Waals surface area contributed by atoms with E-state index in [1.54, 1.807) is 23.1 Å². The number of fused-ring (bicyclic) bond motifs is 1. The molecule has 25 heavy (non-hydrogen) atoms. The van der Waals surface area contributed by atoms with Crippen LogP contribution < -0.4 is 9.62 Å². The molecule has 0 radical (unpaired) electrons. The number of carbonyl (C=O) groups is 1. The number of hydrogen-bond donors (Lipinski definition) is 1. The Hall–Kier alpha value is -2.41. The Balaban J connectivity index is 1.90. The van der Waals surface area contributed by atoms with Gasteiger partial charge in [0.1, 0.15) is 5.82 Å². The summed E-state index contributed by atoms with van der Waals surface area (Å²) in [4.78, 5) is 13.6. The molecule has 1 amide bonds. The number of amides is 1. The van der Waals surface area contributed by atoms with E-state index in [1.165, 1.54) is 19.1 Å². The van der Waals surface area contributed by atoms with Gasteiger partial charge in [-0.05, 0) is 67.8 Å². The molecule has 1 N–H and O–H groups in total. The van der Waals surface area contributed by atoms with Crippen molar-refractivity contribution in [3.63, 3.8) is 0 Å². The third-order valence-corrected chi connectivity index (χ3v) is 5.67. The zero-order valence-corrected chi connectivity index (χ0v) is 14.9. The lowest BCUT2D eigenvalue weighted by Gasteiger charge is -2.28. The van der Waals surface area contributed by atoms with Gasteiger partial charge in [0.15, 0.2) is 0 Å². The summed E-state index contributed by atoms with van der Waals surface area (Å²) in [5.74, 6) is -0.373. The van der Waals surface area contributed by atoms with Crippen LogP contribution >= 0.6 is 0 Å². The molecule has 0 unspecified atom stereocenters. The van der Waals surface area contributed by atoms with Crippen molar-refractivity contribution in [2.45, 2.75) is 31.6 Å². The molecule has 5 nitrogen and oxygen atoms in total. The highest BCUT2D eigenvalue weighted by molar-refractivity contribution is 7.92. The van der Waals surface area contributed by atoms with Gasteiger partial charge in [-0.15, -0.1) is 0 Å². The minimum atomic E-state index is -3.81. The van der Waals surface area contributed by atoms with Gasteiger partial charge in [-0.3, -0.25) is 9.52 Å². The van der Waals surface area contributed by atoms with E-state index in [1.807, 2.05) is 6.92 Å². The van der Waals surface area contributed by atoms with Crippen LogP contribution in [0.25, 0.3) is 0 Å². The highest BCUT2D eigenvalue weighted by atomic mass is 32.2. The SMILES string of the molecule is CCN1C(=O)CCc2cc(NS(=O)(=O)c3ccc(F)c(C)c3)ccc21. The van der Waals surface area contributed by atoms with E-state index in [0.29, 0.717) is 25.1 Å². The molecular formula is C18H19FN2O3S. The van der Waals surface area contributed by atoms with Gasteiger partial charge in [-0.2, -0.15) is 0 Å². The van der Waals surface area contributed by atoms with Gasteiger partial charge in [0.25, 0.3) is 10.0 Å². The van der Waals surface area contributed by atoms with Gasteiger partial charge in [0.05, 0.1) is 4.90 Å². The highest BCUT2D eigenvalue weighted by Gasteiger charge is 2.23. The number of halogens is 1. The van der Waals surface area contributed by atoms with Crippen LogP contribution in [0.3, 0.4) is 0 Å². The summed E-state index contributed by atoms with van der Waals surface area (Å²) < 4.78 is 40.9. The van der Waals surface area contributed by atoms with E-state index < -0.39 is 15.8 Å². The first-order valence-electron chi connectivity index (χ1n) is 8.04. The lowest BCUT2D eigenvalue weighted by Crippen LogP contribution is -2.34. The molecule has 0 saturated heterocycles. The molecule has 3 rings (SSSR count). The molecule has 0 bridgehead atoms. The van der Waals surface area contributed by atoms with Gasteiger partial charge in [-0.25, -0.2) is 12.8 Å². The highest BCUT2D eigenvalue weighted by Crippen LogP contribution is 2.31. The second-order valence-electron chi connectivity index (χ2n) is 6.00. The molecule has 1 heterocycles. The summed E-state index contributed by atoms with van der Waals surface area (Å²) in [7, 11) is -3.81. The molecule has 0 atom stereocenters. The molecule has 0 saturated carbocycles. The Labute approximate surface area is 146 Å². The monoisotopic (exact) mass is 362 g/mol. The van der Waals surface area contributed by atoms with Crippen LogP contribution in [0.5, 0.6) is 0 Å². The van der Waals surface area contributed by atoms with Gasteiger partial charge < -0.3 is 4.90 Å². The summed E-state index contributed by atoms with van der Waals surface area (Å²) >= 11 is 0. The molecule has 132 valence electrons. The van der Waals surface area contributed by atoms with Crippen LogP contribution in [0, 0.1) is 12.7 Å². The van der Waals surface area contributed by atoms with Crippen LogP contribution in [-0.4, -0.2) is 20.9 Å². The van der Waals surface area contributed by atoms with Crippen molar-refractivity contribution in [1.82, 2.24) is 0 Å². The quantitative estimate of drug-likeness (QED) is 0.908. The molecular weight excluding hydrogens is 343 g/mol. The Morgan fingerprint density at radius 2 is 1.92 bits per heavy atom. The van der Waals surface area contributed by atoms with Crippen LogP contribution in [0.1, 0.15) is 24.5 Å².